The lowest BCUT2D eigenvalue weighted by Crippen LogP contribution is -2.34. The van der Waals surface area contributed by atoms with Crippen molar-refractivity contribution in [2.24, 2.45) is 0 Å². The first-order valence-electron chi connectivity index (χ1n) is 6.82. The van der Waals surface area contributed by atoms with Gasteiger partial charge in [0.2, 0.25) is 5.91 Å². The Balaban J connectivity index is 1.96. The number of nitrogens with one attached hydrogen (secondary N) is 1. The maximum Gasteiger partial charge on any atom is 0.221 e. The average molecular weight is 241 g/mol. The van der Waals surface area contributed by atoms with Crippen LogP contribution in [0.15, 0.2) is 0 Å². The van der Waals surface area contributed by atoms with Gasteiger partial charge in [0.25, 0.3) is 0 Å². The van der Waals surface area contributed by atoms with E-state index in [9.17, 15) is 4.79 Å². The minimum atomic E-state index is 0.203. The third-order valence-electron chi connectivity index (χ3n) is 3.21. The molecule has 0 aromatic carbocycles. The van der Waals surface area contributed by atoms with Crippen LogP contribution in [0, 0.1) is 0 Å². The molecule has 1 rings (SSSR count). The summed E-state index contributed by atoms with van der Waals surface area (Å²) in [5, 5.41) is 2.99. The number of nitrogens with zero attached hydrogens (tertiary/aromatic N) is 2. The Bertz CT molecular complexity index is 213. The average Bonchev–Trinajstić information content (AvgIpc) is 2.33. The molecule has 0 aliphatic carbocycles. The summed E-state index contributed by atoms with van der Waals surface area (Å²) >= 11 is 0. The molecule has 0 radical (unpaired) electrons. The Kier molecular flexibility index (Phi) is 7.21. The number of rotatable bonds is 7. The number of piperidine rings is 1. The van der Waals surface area contributed by atoms with Gasteiger partial charge in [-0.3, -0.25) is 4.79 Å². The van der Waals surface area contributed by atoms with Crippen molar-refractivity contribution in [2.75, 3.05) is 46.8 Å². The summed E-state index contributed by atoms with van der Waals surface area (Å²) < 4.78 is 0. The third kappa shape index (κ3) is 7.34. The molecule has 0 unspecified atom stereocenters. The van der Waals surface area contributed by atoms with Crippen LogP contribution in [0.2, 0.25) is 0 Å². The highest BCUT2D eigenvalue weighted by atomic mass is 16.1. The second kappa shape index (κ2) is 8.48. The van der Waals surface area contributed by atoms with Crippen LogP contribution in [0.3, 0.4) is 0 Å². The molecule has 1 saturated heterocycles. The lowest BCUT2D eigenvalue weighted by molar-refractivity contribution is -0.121. The fourth-order valence-corrected chi connectivity index (χ4v) is 2.15. The van der Waals surface area contributed by atoms with Gasteiger partial charge in [-0.15, -0.1) is 0 Å². The van der Waals surface area contributed by atoms with E-state index in [1.165, 1.54) is 32.4 Å². The van der Waals surface area contributed by atoms with Gasteiger partial charge in [0.05, 0.1) is 0 Å². The van der Waals surface area contributed by atoms with E-state index >= 15 is 0 Å². The molecule has 1 amide bonds. The number of hydrogen-bond acceptors (Lipinski definition) is 3. The summed E-state index contributed by atoms with van der Waals surface area (Å²) in [5.41, 5.74) is 0. The molecule has 0 aromatic heterocycles. The van der Waals surface area contributed by atoms with Crippen molar-refractivity contribution in [2.45, 2.75) is 32.1 Å². The summed E-state index contributed by atoms with van der Waals surface area (Å²) in [6.45, 7) is 5.12. The Morgan fingerprint density at radius 1 is 1.24 bits per heavy atom. The van der Waals surface area contributed by atoms with Crippen molar-refractivity contribution in [3.8, 4) is 0 Å². The summed E-state index contributed by atoms with van der Waals surface area (Å²) in [6.07, 6.45) is 5.63. The van der Waals surface area contributed by atoms with Gasteiger partial charge in [-0.2, -0.15) is 0 Å². The highest BCUT2D eigenvalue weighted by Crippen LogP contribution is 2.08. The lowest BCUT2D eigenvalue weighted by Gasteiger charge is -2.25. The minimum absolute atomic E-state index is 0.203. The number of hydrogen-bond donors (Lipinski definition) is 1. The van der Waals surface area contributed by atoms with Crippen LogP contribution >= 0.6 is 0 Å². The van der Waals surface area contributed by atoms with E-state index in [0.717, 1.165) is 26.1 Å². The third-order valence-corrected chi connectivity index (χ3v) is 3.21. The minimum Gasteiger partial charge on any atom is -0.356 e. The zero-order chi connectivity index (χ0) is 12.5. The normalized spacial score (nSPS) is 17.4. The largest absolute Gasteiger partial charge is 0.356 e. The molecule has 0 bridgehead atoms. The fraction of sp³-hybridized carbons (Fsp3) is 0.923. The molecule has 0 saturated carbocycles. The molecule has 1 aliphatic rings. The summed E-state index contributed by atoms with van der Waals surface area (Å²) in [5.74, 6) is 0.203. The zero-order valence-corrected chi connectivity index (χ0v) is 11.4. The van der Waals surface area contributed by atoms with Crippen LogP contribution in [0.25, 0.3) is 0 Å². The molecular formula is C13H27N3O. The first-order chi connectivity index (χ1) is 8.18. The van der Waals surface area contributed by atoms with Crippen molar-refractivity contribution >= 4 is 5.91 Å². The van der Waals surface area contributed by atoms with Gasteiger partial charge in [0, 0.05) is 19.5 Å². The second-order valence-corrected chi connectivity index (χ2v) is 5.16. The Morgan fingerprint density at radius 2 is 1.94 bits per heavy atom. The number of carbonyl (C=O) groups excluding carboxylic acids is 1. The predicted octanol–water partition coefficient (Wildman–Crippen LogP) is 0.930. The van der Waals surface area contributed by atoms with Crippen molar-refractivity contribution in [3.63, 3.8) is 0 Å². The molecule has 1 heterocycles. The zero-order valence-electron chi connectivity index (χ0n) is 11.4. The molecule has 100 valence electrons. The first kappa shape index (κ1) is 14.5. The van der Waals surface area contributed by atoms with Crippen LogP contribution in [-0.4, -0.2) is 62.5 Å². The van der Waals surface area contributed by atoms with E-state index in [2.05, 4.69) is 29.2 Å². The van der Waals surface area contributed by atoms with Crippen LogP contribution < -0.4 is 5.32 Å². The summed E-state index contributed by atoms with van der Waals surface area (Å²) in [6, 6.07) is 0. The lowest BCUT2D eigenvalue weighted by atomic mass is 10.1. The molecular weight excluding hydrogens is 214 g/mol. The predicted molar refractivity (Wildman–Crippen MR) is 71.1 cm³/mol. The molecule has 0 spiro atoms. The Hall–Kier alpha value is -0.610. The molecule has 4 heteroatoms. The topological polar surface area (TPSA) is 35.6 Å². The number of carbonyl (C=O) groups is 1. The van der Waals surface area contributed by atoms with Crippen LogP contribution in [0.4, 0.5) is 0 Å². The number of amides is 1. The van der Waals surface area contributed by atoms with E-state index in [-0.39, 0.29) is 5.91 Å². The Labute approximate surface area is 105 Å². The van der Waals surface area contributed by atoms with Gasteiger partial charge in [0.15, 0.2) is 0 Å². The van der Waals surface area contributed by atoms with Gasteiger partial charge >= 0.3 is 0 Å². The van der Waals surface area contributed by atoms with Crippen molar-refractivity contribution in [1.82, 2.24) is 15.1 Å². The van der Waals surface area contributed by atoms with E-state index in [0.29, 0.717) is 6.42 Å². The second-order valence-electron chi connectivity index (χ2n) is 5.16. The molecule has 0 atom stereocenters. The summed E-state index contributed by atoms with van der Waals surface area (Å²) in [4.78, 5) is 16.1. The summed E-state index contributed by atoms with van der Waals surface area (Å²) in [7, 11) is 4.11. The standard InChI is InChI=1S/C13H27N3O/c1-15(2)9-6-8-14-13(17)7-12-16-10-4-3-5-11-16/h3-12H2,1-2H3,(H,14,17). The highest BCUT2D eigenvalue weighted by molar-refractivity contribution is 5.75. The Morgan fingerprint density at radius 3 is 2.59 bits per heavy atom. The SMILES string of the molecule is CN(C)CCCNC(=O)CCN1CCCCC1. The molecule has 1 fully saturated rings. The van der Waals surface area contributed by atoms with Crippen LogP contribution in [0.1, 0.15) is 32.1 Å². The highest BCUT2D eigenvalue weighted by Gasteiger charge is 2.11. The van der Waals surface area contributed by atoms with Crippen molar-refractivity contribution in [1.29, 1.82) is 0 Å². The quantitative estimate of drug-likeness (QED) is 0.674. The van der Waals surface area contributed by atoms with Gasteiger partial charge in [-0.25, -0.2) is 0 Å². The van der Waals surface area contributed by atoms with E-state index in [1.54, 1.807) is 0 Å². The molecule has 1 N–H and O–H groups in total. The van der Waals surface area contributed by atoms with Crippen LogP contribution in [0.5, 0.6) is 0 Å². The van der Waals surface area contributed by atoms with E-state index < -0.39 is 0 Å². The van der Waals surface area contributed by atoms with Crippen molar-refractivity contribution in [3.05, 3.63) is 0 Å². The first-order valence-corrected chi connectivity index (χ1v) is 6.82. The molecule has 17 heavy (non-hydrogen) atoms. The maximum absolute atomic E-state index is 11.6. The van der Waals surface area contributed by atoms with Crippen molar-refractivity contribution < 1.29 is 4.79 Å². The smallest absolute Gasteiger partial charge is 0.221 e. The van der Waals surface area contributed by atoms with Crippen LogP contribution in [-0.2, 0) is 4.79 Å². The molecule has 4 nitrogen and oxygen atoms in total. The fourth-order valence-electron chi connectivity index (χ4n) is 2.15. The van der Waals surface area contributed by atoms with Gasteiger partial charge < -0.3 is 15.1 Å². The maximum atomic E-state index is 11.6. The molecule has 1 aliphatic heterocycles. The van der Waals surface area contributed by atoms with E-state index in [4.69, 9.17) is 0 Å². The monoisotopic (exact) mass is 241 g/mol. The van der Waals surface area contributed by atoms with E-state index in [1.807, 2.05) is 0 Å². The van der Waals surface area contributed by atoms with Gasteiger partial charge in [-0.05, 0) is 53.0 Å². The number of likely N-dealkylation sites (tertiary alicyclic amines) is 1. The molecule has 0 aromatic rings. The van der Waals surface area contributed by atoms with Gasteiger partial charge in [0.1, 0.15) is 0 Å². The van der Waals surface area contributed by atoms with Gasteiger partial charge in [-0.1, -0.05) is 6.42 Å².